The zero-order chi connectivity index (χ0) is 17.3. The van der Waals surface area contributed by atoms with Gasteiger partial charge in [-0.05, 0) is 18.2 Å². The van der Waals surface area contributed by atoms with Gasteiger partial charge in [0.15, 0.2) is 0 Å². The van der Waals surface area contributed by atoms with Gasteiger partial charge in [-0.1, -0.05) is 0 Å². The molecule has 0 N–H and O–H groups in total. The second-order valence-electron chi connectivity index (χ2n) is 6.27. The molecule has 24 heavy (non-hydrogen) atoms. The number of hydrogen-bond donors (Lipinski definition) is 0. The Balaban J connectivity index is 1.61. The molecule has 2 fully saturated rings. The van der Waals surface area contributed by atoms with Gasteiger partial charge >= 0.3 is 0 Å². The molecule has 0 bridgehead atoms. The van der Waals surface area contributed by atoms with E-state index in [1.54, 1.807) is 29.0 Å². The average molecular weight is 330 g/mol. The number of hydrogen-bond acceptors (Lipinski definition) is 4. The Hall–Kier alpha value is -2.62. The van der Waals surface area contributed by atoms with Crippen molar-refractivity contribution < 1.29 is 14.0 Å². The van der Waals surface area contributed by atoms with Gasteiger partial charge in [0, 0.05) is 46.2 Å². The minimum atomic E-state index is -0.420. The third-order valence-corrected chi connectivity index (χ3v) is 4.70. The van der Waals surface area contributed by atoms with E-state index in [0.29, 0.717) is 44.0 Å². The summed E-state index contributed by atoms with van der Waals surface area (Å²) >= 11 is 0. The molecule has 7 heteroatoms. The van der Waals surface area contributed by atoms with Crippen molar-refractivity contribution >= 4 is 17.5 Å². The third kappa shape index (κ3) is 3.04. The molecule has 0 aromatic heterocycles. The number of carbonyl (C=O) groups excluding carboxylic acids is 2. The zero-order valence-electron chi connectivity index (χ0n) is 13.5. The maximum Gasteiger partial charge on any atom is 0.228 e. The van der Waals surface area contributed by atoms with E-state index in [1.807, 2.05) is 11.0 Å². The van der Waals surface area contributed by atoms with Crippen molar-refractivity contribution in [3.05, 3.63) is 29.6 Å². The van der Waals surface area contributed by atoms with Crippen LogP contribution in [0.1, 0.15) is 12.0 Å². The van der Waals surface area contributed by atoms with E-state index < -0.39 is 5.82 Å². The summed E-state index contributed by atoms with van der Waals surface area (Å²) in [5.41, 5.74) is 0.747. The Morgan fingerprint density at radius 2 is 2.00 bits per heavy atom. The molecule has 0 unspecified atom stereocenters. The lowest BCUT2D eigenvalue weighted by atomic mass is 10.1. The summed E-state index contributed by atoms with van der Waals surface area (Å²) in [7, 11) is 1.71. The fourth-order valence-corrected chi connectivity index (χ4v) is 3.29. The molecule has 1 aromatic carbocycles. The van der Waals surface area contributed by atoms with Crippen LogP contribution in [0.4, 0.5) is 10.1 Å². The fourth-order valence-electron chi connectivity index (χ4n) is 3.29. The summed E-state index contributed by atoms with van der Waals surface area (Å²) in [6.07, 6.45) is 0.278. The Labute approximate surface area is 140 Å². The normalized spacial score (nSPS) is 21.1. The van der Waals surface area contributed by atoms with Crippen molar-refractivity contribution in [3.63, 3.8) is 0 Å². The molecule has 3 rings (SSSR count). The Kier molecular flexibility index (Phi) is 4.38. The van der Waals surface area contributed by atoms with Gasteiger partial charge in [0.1, 0.15) is 5.82 Å². The number of rotatable bonds is 2. The highest BCUT2D eigenvalue weighted by molar-refractivity contribution is 5.89. The smallest absolute Gasteiger partial charge is 0.228 e. The molecular weight excluding hydrogens is 311 g/mol. The van der Waals surface area contributed by atoms with E-state index in [1.165, 1.54) is 6.07 Å². The number of piperazine rings is 1. The quantitative estimate of drug-likeness (QED) is 0.805. The number of halogens is 1. The van der Waals surface area contributed by atoms with Crippen LogP contribution >= 0.6 is 0 Å². The first kappa shape index (κ1) is 16.2. The Bertz CT molecular complexity index is 707. The minimum absolute atomic E-state index is 0.00615. The molecule has 2 amide bonds. The highest BCUT2D eigenvalue weighted by atomic mass is 19.1. The second kappa shape index (κ2) is 6.48. The molecule has 0 saturated carbocycles. The maximum atomic E-state index is 14.1. The lowest BCUT2D eigenvalue weighted by Crippen LogP contribution is -2.50. The average Bonchev–Trinajstić information content (AvgIpc) is 2.93. The fraction of sp³-hybridized carbons (Fsp3) is 0.471. The minimum Gasteiger partial charge on any atom is -0.366 e. The number of amides is 2. The topological polar surface area (TPSA) is 67.7 Å². The number of likely N-dealkylation sites (tertiary alicyclic amines) is 1. The van der Waals surface area contributed by atoms with E-state index in [0.717, 1.165) is 0 Å². The van der Waals surface area contributed by atoms with Gasteiger partial charge in [-0.2, -0.15) is 5.26 Å². The summed E-state index contributed by atoms with van der Waals surface area (Å²) in [4.78, 5) is 29.3. The van der Waals surface area contributed by atoms with Crippen molar-refractivity contribution in [1.82, 2.24) is 9.80 Å². The first-order chi connectivity index (χ1) is 11.5. The largest absolute Gasteiger partial charge is 0.366 e. The molecule has 2 aliphatic heterocycles. The number of carbonyl (C=O) groups is 2. The highest BCUT2D eigenvalue weighted by Crippen LogP contribution is 2.24. The molecule has 2 aliphatic rings. The summed E-state index contributed by atoms with van der Waals surface area (Å²) < 4.78 is 14.1. The molecule has 0 aliphatic carbocycles. The van der Waals surface area contributed by atoms with Crippen molar-refractivity contribution in [3.8, 4) is 6.07 Å². The van der Waals surface area contributed by atoms with Gasteiger partial charge in [0.2, 0.25) is 11.8 Å². The van der Waals surface area contributed by atoms with E-state index in [9.17, 15) is 14.0 Å². The predicted octanol–water partition coefficient (Wildman–Crippen LogP) is 0.824. The molecule has 0 spiro atoms. The van der Waals surface area contributed by atoms with E-state index in [4.69, 9.17) is 5.26 Å². The molecule has 1 aromatic rings. The SMILES string of the molecule is CN1C[C@H](C(=O)N2CCN(c3ccc(C#N)cc3F)CC2)CC1=O. The van der Waals surface area contributed by atoms with Crippen LogP contribution < -0.4 is 4.90 Å². The number of nitriles is 1. The number of anilines is 1. The maximum absolute atomic E-state index is 14.1. The van der Waals surface area contributed by atoms with Crippen molar-refractivity contribution in [2.75, 3.05) is 44.7 Å². The Morgan fingerprint density at radius 1 is 1.29 bits per heavy atom. The summed E-state index contributed by atoms with van der Waals surface area (Å²) in [5.74, 6) is -0.670. The van der Waals surface area contributed by atoms with Crippen LogP contribution in [0, 0.1) is 23.1 Å². The predicted molar refractivity (Wildman–Crippen MR) is 85.7 cm³/mol. The third-order valence-electron chi connectivity index (χ3n) is 4.70. The zero-order valence-corrected chi connectivity index (χ0v) is 13.5. The lowest BCUT2D eigenvalue weighted by molar-refractivity contribution is -0.136. The molecule has 6 nitrogen and oxygen atoms in total. The highest BCUT2D eigenvalue weighted by Gasteiger charge is 2.35. The molecular formula is C17H19FN4O2. The van der Waals surface area contributed by atoms with E-state index in [-0.39, 0.29) is 24.2 Å². The molecule has 126 valence electrons. The first-order valence-corrected chi connectivity index (χ1v) is 7.97. The lowest BCUT2D eigenvalue weighted by Gasteiger charge is -2.37. The van der Waals surface area contributed by atoms with Crippen LogP contribution in [0.5, 0.6) is 0 Å². The summed E-state index contributed by atoms with van der Waals surface area (Å²) in [5, 5.41) is 8.80. The van der Waals surface area contributed by atoms with Gasteiger partial charge in [-0.3, -0.25) is 9.59 Å². The van der Waals surface area contributed by atoms with Crippen molar-refractivity contribution in [2.45, 2.75) is 6.42 Å². The van der Waals surface area contributed by atoms with Gasteiger partial charge in [0.05, 0.1) is 23.2 Å². The summed E-state index contributed by atoms with van der Waals surface area (Å²) in [6.45, 7) is 2.55. The first-order valence-electron chi connectivity index (χ1n) is 7.97. The van der Waals surface area contributed by atoms with Gasteiger partial charge < -0.3 is 14.7 Å². The van der Waals surface area contributed by atoms with E-state index in [2.05, 4.69) is 0 Å². The van der Waals surface area contributed by atoms with Crippen LogP contribution in [0.3, 0.4) is 0 Å². The van der Waals surface area contributed by atoms with Crippen LogP contribution in [-0.4, -0.2) is 61.4 Å². The van der Waals surface area contributed by atoms with Crippen LogP contribution in [0.15, 0.2) is 18.2 Å². The molecule has 2 saturated heterocycles. The van der Waals surface area contributed by atoms with Gasteiger partial charge in [-0.25, -0.2) is 4.39 Å². The second-order valence-corrected chi connectivity index (χ2v) is 6.27. The van der Waals surface area contributed by atoms with E-state index >= 15 is 0 Å². The molecule has 0 radical (unpaired) electrons. The Morgan fingerprint density at radius 3 is 2.54 bits per heavy atom. The van der Waals surface area contributed by atoms with Gasteiger partial charge in [-0.15, -0.1) is 0 Å². The van der Waals surface area contributed by atoms with Crippen molar-refractivity contribution in [1.29, 1.82) is 5.26 Å². The number of benzene rings is 1. The van der Waals surface area contributed by atoms with Crippen LogP contribution in [0.2, 0.25) is 0 Å². The standard InChI is InChI=1S/C17H19FN4O2/c1-20-11-13(9-16(20)23)17(24)22-6-4-21(5-7-22)15-3-2-12(10-19)8-14(15)18/h2-3,8,13H,4-7,9,11H2,1H3/t13-/m1/s1. The monoisotopic (exact) mass is 330 g/mol. The molecule has 2 heterocycles. The van der Waals surface area contributed by atoms with Gasteiger partial charge in [0.25, 0.3) is 0 Å². The molecule has 1 atom stereocenters. The summed E-state index contributed by atoms with van der Waals surface area (Å²) in [6, 6.07) is 6.34. The van der Waals surface area contributed by atoms with Crippen LogP contribution in [0.25, 0.3) is 0 Å². The van der Waals surface area contributed by atoms with Crippen molar-refractivity contribution in [2.24, 2.45) is 5.92 Å². The number of nitrogens with zero attached hydrogens (tertiary/aromatic N) is 4. The van der Waals surface area contributed by atoms with Crippen LogP contribution in [-0.2, 0) is 9.59 Å².